The van der Waals surface area contributed by atoms with Crippen molar-refractivity contribution in [3.8, 4) is 5.88 Å². The molecule has 15 heavy (non-hydrogen) atoms. The molecule has 0 spiro atoms. The molecule has 1 atom stereocenters. The number of likely N-dealkylation sites (N-methyl/N-ethyl adjacent to an activating group) is 1. The molecule has 0 aliphatic carbocycles. The Labute approximate surface area is 89.1 Å². The van der Waals surface area contributed by atoms with E-state index in [0.717, 1.165) is 0 Å². The molecule has 0 aromatic carbocycles. The van der Waals surface area contributed by atoms with Gasteiger partial charge in [0, 0.05) is 25.5 Å². The van der Waals surface area contributed by atoms with Crippen LogP contribution in [-0.2, 0) is 6.54 Å². The fraction of sp³-hybridized carbons (Fsp3) is 0.600. The van der Waals surface area contributed by atoms with Crippen LogP contribution in [0.3, 0.4) is 0 Å². The first-order valence-corrected chi connectivity index (χ1v) is 5.05. The van der Waals surface area contributed by atoms with Crippen LogP contribution in [-0.4, -0.2) is 29.2 Å². The highest BCUT2D eigenvalue weighted by atomic mass is 16.5. The zero-order valence-electron chi connectivity index (χ0n) is 9.36. The number of hydrogen-bond acceptors (Lipinski definition) is 4. The third-order valence-corrected chi connectivity index (χ3v) is 2.03. The van der Waals surface area contributed by atoms with Gasteiger partial charge in [0.25, 0.3) is 5.88 Å². The molecular formula is C10H17N3O2. The van der Waals surface area contributed by atoms with E-state index < -0.39 is 0 Å². The predicted molar refractivity (Wildman–Crippen MR) is 58.2 cm³/mol. The Kier molecular flexibility index (Phi) is 4.30. The van der Waals surface area contributed by atoms with Crippen LogP contribution in [0.2, 0.25) is 0 Å². The lowest BCUT2D eigenvalue weighted by molar-refractivity contribution is 0.207. The summed E-state index contributed by atoms with van der Waals surface area (Å²) >= 11 is 0. The molecule has 0 aliphatic heterocycles. The normalized spacial score (nSPS) is 12.5. The largest absolute Gasteiger partial charge is 0.469 e. The van der Waals surface area contributed by atoms with Gasteiger partial charge in [-0.25, -0.2) is 4.98 Å². The van der Waals surface area contributed by atoms with Crippen molar-refractivity contribution in [1.29, 1.82) is 0 Å². The van der Waals surface area contributed by atoms with Crippen LogP contribution in [0, 0.1) is 0 Å². The van der Waals surface area contributed by atoms with Crippen LogP contribution < -0.4 is 15.6 Å². The number of hydrogen-bond donors (Lipinski definition) is 1. The van der Waals surface area contributed by atoms with E-state index in [9.17, 15) is 4.79 Å². The average Bonchev–Trinajstić information content (AvgIpc) is 2.21. The Morgan fingerprint density at radius 3 is 3.00 bits per heavy atom. The lowest BCUT2D eigenvalue weighted by Gasteiger charge is -2.13. The van der Waals surface area contributed by atoms with Gasteiger partial charge < -0.3 is 14.6 Å². The maximum Gasteiger partial charge on any atom is 0.313 e. The number of aryl methyl sites for hydroxylation is 1. The van der Waals surface area contributed by atoms with E-state index >= 15 is 0 Å². The van der Waals surface area contributed by atoms with Crippen molar-refractivity contribution in [3.63, 3.8) is 0 Å². The predicted octanol–water partition coefficient (Wildman–Crippen LogP) is 0.250. The topological polar surface area (TPSA) is 56.1 Å². The third kappa shape index (κ3) is 3.06. The molecule has 1 aromatic rings. The minimum absolute atomic E-state index is 0.0668. The Bertz CT molecular complexity index is 362. The molecule has 0 amide bonds. The van der Waals surface area contributed by atoms with Gasteiger partial charge >= 0.3 is 5.56 Å². The molecule has 0 aliphatic rings. The number of rotatable bonds is 5. The van der Waals surface area contributed by atoms with E-state index in [1.165, 1.54) is 0 Å². The zero-order valence-corrected chi connectivity index (χ0v) is 9.36. The maximum absolute atomic E-state index is 11.7. The Hall–Kier alpha value is -1.36. The Morgan fingerprint density at radius 2 is 2.40 bits per heavy atom. The lowest BCUT2D eigenvalue weighted by atomic mass is 10.4. The van der Waals surface area contributed by atoms with E-state index in [1.54, 1.807) is 17.0 Å². The van der Waals surface area contributed by atoms with Crippen molar-refractivity contribution in [2.75, 3.05) is 13.6 Å². The summed E-state index contributed by atoms with van der Waals surface area (Å²) in [7, 11) is 1.84. The van der Waals surface area contributed by atoms with Gasteiger partial charge in [-0.3, -0.25) is 4.79 Å². The van der Waals surface area contributed by atoms with Crippen LogP contribution in [0.4, 0.5) is 0 Å². The van der Waals surface area contributed by atoms with Crippen molar-refractivity contribution in [1.82, 2.24) is 14.9 Å². The maximum atomic E-state index is 11.7. The summed E-state index contributed by atoms with van der Waals surface area (Å²) < 4.78 is 6.98. The first-order valence-electron chi connectivity index (χ1n) is 5.05. The van der Waals surface area contributed by atoms with Crippen LogP contribution in [0.25, 0.3) is 0 Å². The SMILES string of the molecule is CCn1ccnc(OC(C)CNC)c1=O. The summed E-state index contributed by atoms with van der Waals surface area (Å²) in [6, 6.07) is 0. The van der Waals surface area contributed by atoms with Crippen LogP contribution in [0.1, 0.15) is 13.8 Å². The molecule has 1 unspecified atom stereocenters. The second-order valence-corrected chi connectivity index (χ2v) is 3.31. The van der Waals surface area contributed by atoms with E-state index in [1.807, 2.05) is 20.9 Å². The zero-order chi connectivity index (χ0) is 11.3. The summed E-state index contributed by atoms with van der Waals surface area (Å²) in [6.45, 7) is 5.10. The molecule has 5 heteroatoms. The van der Waals surface area contributed by atoms with Crippen LogP contribution in [0.15, 0.2) is 17.2 Å². The first kappa shape index (κ1) is 11.7. The molecule has 0 saturated heterocycles. The first-order chi connectivity index (χ1) is 7.19. The summed E-state index contributed by atoms with van der Waals surface area (Å²) in [5, 5.41) is 2.97. The monoisotopic (exact) mass is 211 g/mol. The highest BCUT2D eigenvalue weighted by Crippen LogP contribution is 1.99. The summed E-state index contributed by atoms with van der Waals surface area (Å²) in [5.41, 5.74) is -0.178. The number of ether oxygens (including phenoxy) is 1. The molecule has 1 rings (SSSR count). The molecule has 1 heterocycles. The molecule has 5 nitrogen and oxygen atoms in total. The van der Waals surface area contributed by atoms with Crippen LogP contribution >= 0.6 is 0 Å². The Balaban J connectivity index is 2.81. The van der Waals surface area contributed by atoms with Crippen molar-refractivity contribution in [2.24, 2.45) is 0 Å². The van der Waals surface area contributed by atoms with Crippen molar-refractivity contribution in [2.45, 2.75) is 26.5 Å². The van der Waals surface area contributed by atoms with Gasteiger partial charge in [0.2, 0.25) is 0 Å². The standard InChI is InChI=1S/C10H17N3O2/c1-4-13-6-5-12-9(10(13)14)15-8(2)7-11-3/h5-6,8,11H,4,7H2,1-3H3. The van der Waals surface area contributed by atoms with Gasteiger partial charge in [0.1, 0.15) is 6.10 Å². The molecule has 0 bridgehead atoms. The van der Waals surface area contributed by atoms with E-state index in [0.29, 0.717) is 13.1 Å². The molecule has 0 saturated carbocycles. The highest BCUT2D eigenvalue weighted by molar-refractivity contribution is 5.04. The second kappa shape index (κ2) is 5.50. The van der Waals surface area contributed by atoms with Gasteiger partial charge in [-0.15, -0.1) is 0 Å². The quantitative estimate of drug-likeness (QED) is 0.758. The molecule has 1 N–H and O–H groups in total. The van der Waals surface area contributed by atoms with Crippen molar-refractivity contribution in [3.05, 3.63) is 22.7 Å². The van der Waals surface area contributed by atoms with Gasteiger partial charge in [-0.2, -0.15) is 0 Å². The van der Waals surface area contributed by atoms with E-state index in [-0.39, 0.29) is 17.5 Å². The van der Waals surface area contributed by atoms with E-state index in [2.05, 4.69) is 10.3 Å². The Morgan fingerprint density at radius 1 is 1.67 bits per heavy atom. The van der Waals surface area contributed by atoms with Gasteiger partial charge in [0.15, 0.2) is 0 Å². The van der Waals surface area contributed by atoms with Crippen molar-refractivity contribution >= 4 is 0 Å². The van der Waals surface area contributed by atoms with Gasteiger partial charge in [-0.1, -0.05) is 0 Å². The van der Waals surface area contributed by atoms with Crippen molar-refractivity contribution < 1.29 is 4.74 Å². The number of nitrogens with one attached hydrogen (secondary N) is 1. The van der Waals surface area contributed by atoms with Crippen LogP contribution in [0.5, 0.6) is 5.88 Å². The minimum atomic E-state index is -0.178. The number of aromatic nitrogens is 2. The molecule has 1 aromatic heterocycles. The molecule has 84 valence electrons. The second-order valence-electron chi connectivity index (χ2n) is 3.31. The summed E-state index contributed by atoms with van der Waals surface area (Å²) in [6.07, 6.45) is 3.16. The summed E-state index contributed by atoms with van der Waals surface area (Å²) in [5.74, 6) is 0.169. The molecular weight excluding hydrogens is 194 g/mol. The minimum Gasteiger partial charge on any atom is -0.469 e. The highest BCUT2D eigenvalue weighted by Gasteiger charge is 2.08. The summed E-state index contributed by atoms with van der Waals surface area (Å²) in [4.78, 5) is 15.6. The third-order valence-electron chi connectivity index (χ3n) is 2.03. The average molecular weight is 211 g/mol. The van der Waals surface area contributed by atoms with Gasteiger partial charge in [-0.05, 0) is 20.9 Å². The number of nitrogens with zero attached hydrogens (tertiary/aromatic N) is 2. The molecule has 0 radical (unpaired) electrons. The fourth-order valence-corrected chi connectivity index (χ4v) is 1.28. The van der Waals surface area contributed by atoms with Gasteiger partial charge in [0.05, 0.1) is 0 Å². The fourth-order valence-electron chi connectivity index (χ4n) is 1.28. The molecule has 0 fully saturated rings. The lowest BCUT2D eigenvalue weighted by Crippen LogP contribution is -2.30. The smallest absolute Gasteiger partial charge is 0.313 e. The van der Waals surface area contributed by atoms with E-state index in [4.69, 9.17) is 4.74 Å².